The van der Waals surface area contributed by atoms with Crippen molar-refractivity contribution in [3.63, 3.8) is 0 Å². The molecule has 2 aromatic rings. The largest absolute Gasteiger partial charge is 0.454 e. The van der Waals surface area contributed by atoms with Crippen molar-refractivity contribution in [1.29, 1.82) is 0 Å². The van der Waals surface area contributed by atoms with E-state index in [4.69, 9.17) is 20.3 Å². The Bertz CT molecular complexity index is 567. The molecular formula is C12H13N3O3. The fourth-order valence-corrected chi connectivity index (χ4v) is 1.82. The van der Waals surface area contributed by atoms with E-state index >= 15 is 0 Å². The number of benzene rings is 1. The number of nitrogens with two attached hydrogens (primary N) is 1. The van der Waals surface area contributed by atoms with Gasteiger partial charge in [0.05, 0.1) is 24.5 Å². The van der Waals surface area contributed by atoms with Gasteiger partial charge < -0.3 is 25.3 Å². The molecule has 18 heavy (non-hydrogen) atoms. The van der Waals surface area contributed by atoms with Crippen LogP contribution in [0.25, 0.3) is 11.3 Å². The molecule has 6 heteroatoms. The lowest BCUT2D eigenvalue weighted by atomic mass is 10.1. The highest BCUT2D eigenvalue weighted by atomic mass is 16.7. The van der Waals surface area contributed by atoms with E-state index in [-0.39, 0.29) is 13.4 Å². The number of nitrogens with zero attached hydrogens (tertiary/aromatic N) is 1. The molecule has 94 valence electrons. The van der Waals surface area contributed by atoms with E-state index in [1.165, 1.54) is 0 Å². The minimum absolute atomic E-state index is 0.145. The molecule has 6 nitrogen and oxygen atoms in total. The molecule has 1 aromatic heterocycles. The number of aliphatic hydroxyl groups is 1. The number of H-pyrrole nitrogens is 1. The number of aliphatic hydroxyl groups excluding tert-OH is 1. The molecule has 2 heterocycles. The molecule has 3 rings (SSSR count). The second-order valence-corrected chi connectivity index (χ2v) is 4.04. The Morgan fingerprint density at radius 1 is 1.39 bits per heavy atom. The number of nitrogens with one attached hydrogen (secondary N) is 1. The van der Waals surface area contributed by atoms with Crippen molar-refractivity contribution in [3.8, 4) is 22.8 Å². The molecule has 1 aliphatic heterocycles. The summed E-state index contributed by atoms with van der Waals surface area (Å²) in [6.45, 7) is 0.108. The average molecular weight is 247 g/mol. The molecule has 4 N–H and O–H groups in total. The number of imidazole rings is 1. The fourth-order valence-electron chi connectivity index (χ4n) is 1.82. The number of hydrogen-bond donors (Lipinski definition) is 3. The van der Waals surface area contributed by atoms with Crippen LogP contribution < -0.4 is 15.2 Å². The van der Waals surface area contributed by atoms with Crippen molar-refractivity contribution < 1.29 is 14.6 Å². The monoisotopic (exact) mass is 247 g/mol. The molecule has 0 fully saturated rings. The van der Waals surface area contributed by atoms with Crippen molar-refractivity contribution in [2.45, 2.75) is 6.04 Å². The number of ether oxygens (including phenoxy) is 2. The molecule has 0 aliphatic carbocycles. The topological polar surface area (TPSA) is 93.4 Å². The maximum absolute atomic E-state index is 8.97. The van der Waals surface area contributed by atoms with Crippen molar-refractivity contribution >= 4 is 0 Å². The summed E-state index contributed by atoms with van der Waals surface area (Å²) in [5.74, 6) is 2.02. The Morgan fingerprint density at radius 3 is 3.06 bits per heavy atom. The van der Waals surface area contributed by atoms with Gasteiger partial charge in [0, 0.05) is 5.56 Å². The van der Waals surface area contributed by atoms with Crippen LogP contribution in [0, 0.1) is 0 Å². The summed E-state index contributed by atoms with van der Waals surface area (Å²) in [6, 6.07) is 5.15. The van der Waals surface area contributed by atoms with Crippen LogP contribution in [0.1, 0.15) is 11.9 Å². The number of fused-ring (bicyclic) bond motifs is 1. The zero-order valence-corrected chi connectivity index (χ0v) is 9.59. The van der Waals surface area contributed by atoms with Crippen LogP contribution in [0.2, 0.25) is 0 Å². The standard InChI is InChI=1S/C12H13N3O3/c13-8(5-16)12-14-4-9(15-12)7-1-2-10-11(3-7)18-6-17-10/h1-4,8,16H,5-6,13H2,(H,14,15). The highest BCUT2D eigenvalue weighted by Gasteiger charge is 2.15. The normalized spacial score (nSPS) is 14.8. The fraction of sp³-hybridized carbons (Fsp3) is 0.250. The van der Waals surface area contributed by atoms with Gasteiger partial charge in [0.25, 0.3) is 0 Å². The van der Waals surface area contributed by atoms with Gasteiger partial charge in [-0.05, 0) is 18.2 Å². The van der Waals surface area contributed by atoms with E-state index in [2.05, 4.69) is 9.97 Å². The molecule has 0 bridgehead atoms. The lowest BCUT2D eigenvalue weighted by molar-refractivity contribution is 0.174. The van der Waals surface area contributed by atoms with Crippen molar-refractivity contribution in [1.82, 2.24) is 9.97 Å². The molecule has 0 saturated carbocycles. The number of hydrogen-bond acceptors (Lipinski definition) is 5. The van der Waals surface area contributed by atoms with Crippen LogP contribution in [0.3, 0.4) is 0 Å². The van der Waals surface area contributed by atoms with E-state index in [1.807, 2.05) is 18.2 Å². The minimum atomic E-state index is -0.493. The van der Waals surface area contributed by atoms with E-state index in [9.17, 15) is 0 Å². The second-order valence-electron chi connectivity index (χ2n) is 4.04. The third-order valence-corrected chi connectivity index (χ3v) is 2.83. The van der Waals surface area contributed by atoms with Gasteiger partial charge in [-0.25, -0.2) is 4.98 Å². The van der Waals surface area contributed by atoms with Crippen molar-refractivity contribution in [2.75, 3.05) is 13.4 Å². The van der Waals surface area contributed by atoms with Gasteiger partial charge in [0.1, 0.15) is 5.82 Å². The molecule has 1 aromatic carbocycles. The maximum atomic E-state index is 8.97. The van der Waals surface area contributed by atoms with Gasteiger partial charge in [-0.15, -0.1) is 0 Å². The van der Waals surface area contributed by atoms with Crippen LogP contribution in [0.4, 0.5) is 0 Å². The summed E-state index contributed by atoms with van der Waals surface area (Å²) in [7, 11) is 0. The Labute approximate surface area is 103 Å². The van der Waals surface area contributed by atoms with Crippen molar-refractivity contribution in [3.05, 3.63) is 30.2 Å². The van der Waals surface area contributed by atoms with Gasteiger partial charge in [0.15, 0.2) is 11.5 Å². The summed E-state index contributed by atoms with van der Waals surface area (Å²) in [5, 5.41) is 8.97. The zero-order valence-electron chi connectivity index (χ0n) is 9.59. The SMILES string of the molecule is NC(CO)c1ncc(-c2ccc3c(c2)OCO3)[nH]1. The van der Waals surface area contributed by atoms with Crippen molar-refractivity contribution in [2.24, 2.45) is 5.73 Å². The summed E-state index contributed by atoms with van der Waals surface area (Å²) in [6.07, 6.45) is 1.68. The lowest BCUT2D eigenvalue weighted by Crippen LogP contribution is -2.15. The van der Waals surface area contributed by atoms with Crippen LogP contribution in [0.15, 0.2) is 24.4 Å². The first-order valence-electron chi connectivity index (χ1n) is 5.59. The number of aromatic amines is 1. The Hall–Kier alpha value is -2.05. The van der Waals surface area contributed by atoms with Gasteiger partial charge in [0.2, 0.25) is 6.79 Å². The summed E-state index contributed by atoms with van der Waals surface area (Å²) in [4.78, 5) is 7.22. The van der Waals surface area contributed by atoms with E-state index in [0.717, 1.165) is 22.8 Å². The molecule has 0 radical (unpaired) electrons. The van der Waals surface area contributed by atoms with E-state index in [0.29, 0.717) is 5.82 Å². The van der Waals surface area contributed by atoms with Crippen LogP contribution in [-0.2, 0) is 0 Å². The Kier molecular flexibility index (Phi) is 2.66. The van der Waals surface area contributed by atoms with Crippen LogP contribution >= 0.6 is 0 Å². The lowest BCUT2D eigenvalue weighted by Gasteiger charge is -2.03. The zero-order chi connectivity index (χ0) is 12.5. The molecule has 0 saturated heterocycles. The van der Waals surface area contributed by atoms with Crippen LogP contribution in [-0.4, -0.2) is 28.5 Å². The Balaban J connectivity index is 1.92. The molecule has 1 atom stereocenters. The molecule has 0 amide bonds. The van der Waals surface area contributed by atoms with Gasteiger partial charge in [-0.3, -0.25) is 0 Å². The predicted octanol–water partition coefficient (Wildman–Crippen LogP) is 0.797. The number of aromatic nitrogens is 2. The molecule has 1 unspecified atom stereocenters. The van der Waals surface area contributed by atoms with Gasteiger partial charge in [-0.1, -0.05) is 0 Å². The average Bonchev–Trinajstić information content (AvgIpc) is 3.05. The first-order chi connectivity index (χ1) is 8.78. The summed E-state index contributed by atoms with van der Waals surface area (Å²) in [5.41, 5.74) is 7.45. The quantitative estimate of drug-likeness (QED) is 0.745. The second kappa shape index (κ2) is 4.32. The predicted molar refractivity (Wildman–Crippen MR) is 64.2 cm³/mol. The van der Waals surface area contributed by atoms with E-state index < -0.39 is 6.04 Å². The first-order valence-corrected chi connectivity index (χ1v) is 5.59. The highest BCUT2D eigenvalue weighted by Crippen LogP contribution is 2.35. The summed E-state index contributed by atoms with van der Waals surface area (Å²) >= 11 is 0. The van der Waals surface area contributed by atoms with Gasteiger partial charge in [-0.2, -0.15) is 0 Å². The Morgan fingerprint density at radius 2 is 2.22 bits per heavy atom. The minimum Gasteiger partial charge on any atom is -0.454 e. The molecule has 0 spiro atoms. The first kappa shape index (κ1) is 11.1. The smallest absolute Gasteiger partial charge is 0.231 e. The number of rotatable bonds is 3. The van der Waals surface area contributed by atoms with Gasteiger partial charge >= 0.3 is 0 Å². The third kappa shape index (κ3) is 1.81. The molecular weight excluding hydrogens is 234 g/mol. The summed E-state index contributed by atoms with van der Waals surface area (Å²) < 4.78 is 10.6. The van der Waals surface area contributed by atoms with E-state index in [1.54, 1.807) is 6.20 Å². The maximum Gasteiger partial charge on any atom is 0.231 e. The molecule has 1 aliphatic rings. The highest BCUT2D eigenvalue weighted by molar-refractivity contribution is 5.64. The third-order valence-electron chi connectivity index (χ3n) is 2.83. The van der Waals surface area contributed by atoms with Crippen LogP contribution in [0.5, 0.6) is 11.5 Å².